The number of hydrogen-bond donors (Lipinski definition) is 2. The fourth-order valence-electron chi connectivity index (χ4n) is 2.39. The molecule has 0 saturated heterocycles. The van der Waals surface area contributed by atoms with Crippen LogP contribution in [0.15, 0.2) is 23.6 Å². The van der Waals surface area contributed by atoms with Crippen molar-refractivity contribution >= 4 is 52.2 Å². The molecule has 1 aromatic heterocycles. The highest BCUT2D eigenvalue weighted by atomic mass is 35.5. The fourth-order valence-corrected chi connectivity index (χ4v) is 3.48. The van der Waals surface area contributed by atoms with Crippen LogP contribution in [0.25, 0.3) is 0 Å². The normalized spacial score (nSPS) is 10.7. The van der Waals surface area contributed by atoms with E-state index in [0.717, 1.165) is 6.42 Å². The molecule has 0 aliphatic rings. The molecule has 2 aromatic rings. The van der Waals surface area contributed by atoms with Gasteiger partial charge in [-0.25, -0.2) is 9.78 Å². The van der Waals surface area contributed by atoms with Crippen LogP contribution in [0.2, 0.25) is 10.0 Å². The van der Waals surface area contributed by atoms with Crippen molar-refractivity contribution in [2.24, 2.45) is 0 Å². The second-order valence-electron chi connectivity index (χ2n) is 6.20. The molecule has 30 heavy (non-hydrogen) atoms. The van der Waals surface area contributed by atoms with Crippen LogP contribution in [-0.4, -0.2) is 62.3 Å². The summed E-state index contributed by atoms with van der Waals surface area (Å²) in [5.74, 6) is -0.252. The first-order valence-corrected chi connectivity index (χ1v) is 10.8. The Hall–Kier alpha value is -1.91. The van der Waals surface area contributed by atoms with E-state index in [9.17, 15) is 9.59 Å². The number of benzene rings is 1. The number of methoxy groups -OCH3 is 2. The highest BCUT2D eigenvalue weighted by Gasteiger charge is 2.18. The minimum atomic E-state index is -0.341. The molecule has 3 amide bonds. The molecule has 1 aromatic carbocycles. The molecule has 2 N–H and O–H groups in total. The third-order valence-corrected chi connectivity index (χ3v) is 5.52. The largest absolute Gasteiger partial charge is 0.385 e. The van der Waals surface area contributed by atoms with Crippen molar-refractivity contribution in [2.45, 2.75) is 13.0 Å². The van der Waals surface area contributed by atoms with Crippen molar-refractivity contribution in [1.82, 2.24) is 15.2 Å². The second kappa shape index (κ2) is 12.7. The number of hydrogen-bond acceptors (Lipinski definition) is 6. The van der Waals surface area contributed by atoms with Crippen molar-refractivity contribution in [1.29, 1.82) is 0 Å². The lowest BCUT2D eigenvalue weighted by Gasteiger charge is -2.22. The molecular formula is C19H24Cl2N4O4S. The standard InChI is InChI=1S/C19H24Cl2N4O4S/c1-28-8-3-6-22-18(26)16-12-30-17(24-16)11-25(7-9-29-2)19(27)23-13-4-5-14(20)15(21)10-13/h4-5,10,12H,3,6-9,11H2,1-2H3,(H,22,26)(H,23,27). The molecule has 2 rings (SSSR count). The molecule has 0 fully saturated rings. The van der Waals surface area contributed by atoms with Gasteiger partial charge in [-0.3, -0.25) is 4.79 Å². The highest BCUT2D eigenvalue weighted by Crippen LogP contribution is 2.25. The van der Waals surface area contributed by atoms with Crippen LogP contribution in [0.5, 0.6) is 0 Å². The van der Waals surface area contributed by atoms with Gasteiger partial charge in [-0.05, 0) is 24.6 Å². The van der Waals surface area contributed by atoms with Gasteiger partial charge in [0.25, 0.3) is 5.91 Å². The van der Waals surface area contributed by atoms with Crippen LogP contribution in [0.3, 0.4) is 0 Å². The van der Waals surface area contributed by atoms with E-state index in [1.807, 2.05) is 0 Å². The van der Waals surface area contributed by atoms with Crippen LogP contribution in [0.1, 0.15) is 21.9 Å². The molecule has 8 nitrogen and oxygen atoms in total. The Kier molecular flexibility index (Phi) is 10.3. The maximum atomic E-state index is 12.7. The van der Waals surface area contributed by atoms with Gasteiger partial charge in [-0.1, -0.05) is 23.2 Å². The lowest BCUT2D eigenvalue weighted by Crippen LogP contribution is -2.36. The molecule has 164 valence electrons. The predicted octanol–water partition coefficient (Wildman–Crippen LogP) is 3.90. The summed E-state index contributed by atoms with van der Waals surface area (Å²) in [6.45, 7) is 2.02. The molecule has 0 saturated carbocycles. The topological polar surface area (TPSA) is 92.8 Å². The molecule has 0 unspecified atom stereocenters. The Bertz CT molecular complexity index is 850. The number of carbonyl (C=O) groups excluding carboxylic acids is 2. The fraction of sp³-hybridized carbons (Fsp3) is 0.421. The van der Waals surface area contributed by atoms with E-state index in [1.54, 1.807) is 42.7 Å². The minimum absolute atomic E-state index is 0.234. The second-order valence-corrected chi connectivity index (χ2v) is 7.96. The summed E-state index contributed by atoms with van der Waals surface area (Å²) < 4.78 is 10.1. The quantitative estimate of drug-likeness (QED) is 0.481. The number of carbonyl (C=O) groups is 2. The van der Waals surface area contributed by atoms with E-state index in [0.29, 0.717) is 52.7 Å². The van der Waals surface area contributed by atoms with Crippen molar-refractivity contribution in [2.75, 3.05) is 45.8 Å². The first kappa shape index (κ1) is 24.4. The molecule has 0 aliphatic carbocycles. The summed E-state index contributed by atoms with van der Waals surface area (Å²) >= 11 is 13.2. The average molecular weight is 475 g/mol. The van der Waals surface area contributed by atoms with Gasteiger partial charge in [0.2, 0.25) is 0 Å². The zero-order valence-electron chi connectivity index (χ0n) is 16.7. The molecule has 0 spiro atoms. The monoisotopic (exact) mass is 474 g/mol. The molecule has 0 bridgehead atoms. The summed E-state index contributed by atoms with van der Waals surface area (Å²) in [6, 6.07) is 4.50. The molecule has 0 atom stereocenters. The van der Waals surface area contributed by atoms with E-state index in [1.165, 1.54) is 11.3 Å². The average Bonchev–Trinajstić information content (AvgIpc) is 3.19. The number of thiazole rings is 1. The maximum absolute atomic E-state index is 12.7. The summed E-state index contributed by atoms with van der Waals surface area (Å²) in [5.41, 5.74) is 0.844. The summed E-state index contributed by atoms with van der Waals surface area (Å²) in [7, 11) is 3.17. The molecule has 11 heteroatoms. The van der Waals surface area contributed by atoms with Crippen LogP contribution in [0, 0.1) is 0 Å². The minimum Gasteiger partial charge on any atom is -0.385 e. The Labute approximate surface area is 189 Å². The van der Waals surface area contributed by atoms with Gasteiger partial charge in [-0.2, -0.15) is 0 Å². The van der Waals surface area contributed by atoms with E-state index in [-0.39, 0.29) is 18.5 Å². The van der Waals surface area contributed by atoms with Crippen LogP contribution < -0.4 is 10.6 Å². The van der Waals surface area contributed by atoms with Gasteiger partial charge in [0, 0.05) is 45.0 Å². The molecule has 0 radical (unpaired) electrons. The van der Waals surface area contributed by atoms with Crippen molar-refractivity contribution in [3.05, 3.63) is 44.3 Å². The van der Waals surface area contributed by atoms with Crippen LogP contribution in [0.4, 0.5) is 10.5 Å². The third-order valence-electron chi connectivity index (χ3n) is 3.94. The van der Waals surface area contributed by atoms with E-state index < -0.39 is 0 Å². The van der Waals surface area contributed by atoms with Gasteiger partial charge < -0.3 is 25.0 Å². The molecule has 0 aliphatic heterocycles. The highest BCUT2D eigenvalue weighted by molar-refractivity contribution is 7.09. The number of halogens is 2. The van der Waals surface area contributed by atoms with Crippen LogP contribution >= 0.6 is 34.5 Å². The number of urea groups is 1. The Morgan fingerprint density at radius 1 is 1.17 bits per heavy atom. The van der Waals surface area contributed by atoms with Crippen molar-refractivity contribution in [3.63, 3.8) is 0 Å². The number of rotatable bonds is 11. The first-order valence-electron chi connectivity index (χ1n) is 9.16. The number of anilines is 1. The lowest BCUT2D eigenvalue weighted by atomic mass is 10.3. The van der Waals surface area contributed by atoms with Gasteiger partial charge in [-0.15, -0.1) is 11.3 Å². The lowest BCUT2D eigenvalue weighted by molar-refractivity contribution is 0.0944. The predicted molar refractivity (Wildman–Crippen MR) is 119 cm³/mol. The van der Waals surface area contributed by atoms with Crippen molar-refractivity contribution in [3.8, 4) is 0 Å². The number of ether oxygens (including phenoxy) is 2. The SMILES string of the molecule is COCCCNC(=O)c1csc(CN(CCOC)C(=O)Nc2ccc(Cl)c(Cl)c2)n1. The van der Waals surface area contributed by atoms with Crippen molar-refractivity contribution < 1.29 is 19.1 Å². The van der Waals surface area contributed by atoms with Crippen LogP contribution in [-0.2, 0) is 16.0 Å². The van der Waals surface area contributed by atoms with Gasteiger partial charge in [0.05, 0.1) is 23.2 Å². The van der Waals surface area contributed by atoms with Gasteiger partial charge >= 0.3 is 6.03 Å². The Balaban J connectivity index is 1.99. The van der Waals surface area contributed by atoms with E-state index >= 15 is 0 Å². The van der Waals surface area contributed by atoms with Gasteiger partial charge in [0.15, 0.2) is 0 Å². The molecular weight excluding hydrogens is 451 g/mol. The number of aromatic nitrogens is 1. The smallest absolute Gasteiger partial charge is 0.322 e. The zero-order valence-corrected chi connectivity index (χ0v) is 19.1. The summed E-state index contributed by atoms with van der Waals surface area (Å²) in [5, 5.41) is 8.63. The summed E-state index contributed by atoms with van der Waals surface area (Å²) in [4.78, 5) is 30.8. The number of nitrogens with one attached hydrogen (secondary N) is 2. The zero-order chi connectivity index (χ0) is 21.9. The number of nitrogens with zero attached hydrogens (tertiary/aromatic N) is 2. The molecule has 1 heterocycles. The van der Waals surface area contributed by atoms with E-state index in [4.69, 9.17) is 32.7 Å². The first-order chi connectivity index (χ1) is 14.4. The Morgan fingerprint density at radius 2 is 1.93 bits per heavy atom. The van der Waals surface area contributed by atoms with E-state index in [2.05, 4.69) is 15.6 Å². The third kappa shape index (κ3) is 7.73. The van der Waals surface area contributed by atoms with Gasteiger partial charge in [0.1, 0.15) is 10.7 Å². The number of amides is 3. The summed E-state index contributed by atoms with van der Waals surface area (Å²) in [6.07, 6.45) is 0.721. The maximum Gasteiger partial charge on any atom is 0.322 e. The Morgan fingerprint density at radius 3 is 2.63 bits per heavy atom.